The quantitative estimate of drug-likeness (QED) is 0.844. The Kier molecular flexibility index (Phi) is 4.76. The number of rotatable bonds is 5. The topological polar surface area (TPSA) is 60.5 Å². The van der Waals surface area contributed by atoms with Gasteiger partial charge in [0.15, 0.2) is 0 Å². The van der Waals surface area contributed by atoms with Crippen LogP contribution in [0.2, 0.25) is 0 Å². The number of amides is 1. The molecule has 2 atom stereocenters. The van der Waals surface area contributed by atoms with E-state index in [1.54, 1.807) is 7.11 Å². The van der Waals surface area contributed by atoms with E-state index in [1.807, 2.05) is 48.6 Å². The summed E-state index contributed by atoms with van der Waals surface area (Å²) in [7, 11) is 1.64. The van der Waals surface area contributed by atoms with Crippen LogP contribution < -0.4 is 0 Å². The van der Waals surface area contributed by atoms with Gasteiger partial charge in [0.05, 0.1) is 11.7 Å². The number of likely N-dealkylation sites (tertiary alicyclic amines) is 1. The zero-order chi connectivity index (χ0) is 17.3. The Labute approximate surface area is 142 Å². The van der Waals surface area contributed by atoms with Crippen molar-refractivity contribution < 1.29 is 13.9 Å². The Morgan fingerprint density at radius 1 is 1.46 bits per heavy atom. The first-order valence-corrected chi connectivity index (χ1v) is 8.42. The third-order valence-corrected chi connectivity index (χ3v) is 4.60. The number of hydrogen-bond acceptors (Lipinski definition) is 4. The zero-order valence-corrected chi connectivity index (χ0v) is 14.8. The number of ether oxygens (including phenoxy) is 1. The number of carbonyl (C=O) groups excluding carboxylic acids is 1. The molecule has 24 heavy (non-hydrogen) atoms. The molecule has 0 radical (unpaired) electrons. The molecule has 0 aliphatic carbocycles. The van der Waals surface area contributed by atoms with Crippen molar-refractivity contribution in [1.82, 2.24) is 14.7 Å². The van der Waals surface area contributed by atoms with E-state index in [0.29, 0.717) is 6.61 Å². The van der Waals surface area contributed by atoms with E-state index >= 15 is 0 Å². The maximum absolute atomic E-state index is 13.0. The molecular weight excluding hydrogens is 306 g/mol. The second kappa shape index (κ2) is 6.81. The summed E-state index contributed by atoms with van der Waals surface area (Å²) in [5, 5.41) is 4.46. The SMILES string of the molecule is COCc1ccc([C@H]2CCCN2C(=O)[C@H](C)n2nc(C)cc2C)o1. The average molecular weight is 331 g/mol. The second-order valence-corrected chi connectivity index (χ2v) is 6.47. The minimum absolute atomic E-state index is 0.00233. The molecule has 0 unspecified atom stereocenters. The van der Waals surface area contributed by atoms with Gasteiger partial charge in [0.2, 0.25) is 5.91 Å². The summed E-state index contributed by atoms with van der Waals surface area (Å²) in [6.07, 6.45) is 1.91. The number of aryl methyl sites for hydroxylation is 2. The van der Waals surface area contributed by atoms with Gasteiger partial charge in [-0.15, -0.1) is 0 Å². The van der Waals surface area contributed by atoms with Crippen LogP contribution in [0.5, 0.6) is 0 Å². The first-order valence-electron chi connectivity index (χ1n) is 8.42. The fourth-order valence-electron chi connectivity index (χ4n) is 3.50. The van der Waals surface area contributed by atoms with E-state index < -0.39 is 0 Å². The summed E-state index contributed by atoms with van der Waals surface area (Å²) in [5.41, 5.74) is 1.94. The molecule has 1 aliphatic heterocycles. The van der Waals surface area contributed by atoms with Crippen molar-refractivity contribution in [3.8, 4) is 0 Å². The molecular formula is C18H25N3O3. The van der Waals surface area contributed by atoms with E-state index in [-0.39, 0.29) is 18.0 Å². The second-order valence-electron chi connectivity index (χ2n) is 6.47. The highest BCUT2D eigenvalue weighted by Gasteiger charge is 2.35. The summed E-state index contributed by atoms with van der Waals surface area (Å²) in [6.45, 7) is 7.04. The highest BCUT2D eigenvalue weighted by Crippen LogP contribution is 2.34. The van der Waals surface area contributed by atoms with Crippen LogP contribution in [-0.4, -0.2) is 34.2 Å². The summed E-state index contributed by atoms with van der Waals surface area (Å²) in [5.74, 6) is 1.72. The normalized spacial score (nSPS) is 19.0. The van der Waals surface area contributed by atoms with Crippen LogP contribution in [0.25, 0.3) is 0 Å². The molecule has 130 valence electrons. The van der Waals surface area contributed by atoms with Crippen molar-refractivity contribution in [3.05, 3.63) is 41.1 Å². The molecule has 2 aromatic heterocycles. The molecule has 1 saturated heterocycles. The van der Waals surface area contributed by atoms with Crippen molar-refractivity contribution in [1.29, 1.82) is 0 Å². The van der Waals surface area contributed by atoms with Gasteiger partial charge in [0.1, 0.15) is 24.2 Å². The van der Waals surface area contributed by atoms with Gasteiger partial charge in [-0.25, -0.2) is 0 Å². The van der Waals surface area contributed by atoms with Gasteiger partial charge in [-0.1, -0.05) is 0 Å². The van der Waals surface area contributed by atoms with Gasteiger partial charge < -0.3 is 14.1 Å². The lowest BCUT2D eigenvalue weighted by Crippen LogP contribution is -2.36. The first kappa shape index (κ1) is 16.8. The lowest BCUT2D eigenvalue weighted by molar-refractivity contribution is -0.135. The average Bonchev–Trinajstić information content (AvgIpc) is 3.25. The van der Waals surface area contributed by atoms with Crippen molar-refractivity contribution >= 4 is 5.91 Å². The molecule has 2 aromatic rings. The number of carbonyl (C=O) groups is 1. The largest absolute Gasteiger partial charge is 0.461 e. The van der Waals surface area contributed by atoms with Crippen LogP contribution in [0, 0.1) is 13.8 Å². The molecule has 0 aromatic carbocycles. The van der Waals surface area contributed by atoms with Crippen LogP contribution in [0.15, 0.2) is 22.6 Å². The Hall–Kier alpha value is -2.08. The van der Waals surface area contributed by atoms with E-state index in [2.05, 4.69) is 5.10 Å². The number of aromatic nitrogens is 2. The fourth-order valence-corrected chi connectivity index (χ4v) is 3.50. The summed E-state index contributed by atoms with van der Waals surface area (Å²) in [6, 6.07) is 5.56. The minimum atomic E-state index is -0.312. The molecule has 6 nitrogen and oxygen atoms in total. The predicted octanol–water partition coefficient (Wildman–Crippen LogP) is 3.16. The van der Waals surface area contributed by atoms with Gasteiger partial charge in [-0.3, -0.25) is 9.48 Å². The molecule has 0 bridgehead atoms. The van der Waals surface area contributed by atoms with Crippen molar-refractivity contribution in [2.45, 2.75) is 52.3 Å². The van der Waals surface area contributed by atoms with Crippen molar-refractivity contribution in [3.63, 3.8) is 0 Å². The Morgan fingerprint density at radius 3 is 2.92 bits per heavy atom. The third-order valence-electron chi connectivity index (χ3n) is 4.60. The minimum Gasteiger partial charge on any atom is -0.461 e. The standard InChI is InChI=1S/C18H25N3O3/c1-12-10-13(2)21(19-12)14(3)18(22)20-9-5-6-16(20)17-8-7-15(24-17)11-23-4/h7-8,10,14,16H,5-6,9,11H2,1-4H3/t14-,16+/m0/s1. The Bertz CT molecular complexity index is 719. The molecule has 1 amide bonds. The maximum Gasteiger partial charge on any atom is 0.247 e. The van der Waals surface area contributed by atoms with Crippen LogP contribution in [0.4, 0.5) is 0 Å². The number of furan rings is 1. The zero-order valence-electron chi connectivity index (χ0n) is 14.8. The first-order chi connectivity index (χ1) is 11.5. The monoisotopic (exact) mass is 331 g/mol. The number of nitrogens with zero attached hydrogens (tertiary/aromatic N) is 3. The summed E-state index contributed by atoms with van der Waals surface area (Å²) < 4.78 is 12.8. The lowest BCUT2D eigenvalue weighted by Gasteiger charge is -2.27. The van der Waals surface area contributed by atoms with Gasteiger partial charge in [-0.05, 0) is 51.8 Å². The third kappa shape index (κ3) is 3.11. The van der Waals surface area contributed by atoms with E-state index in [9.17, 15) is 4.79 Å². The molecule has 6 heteroatoms. The molecule has 0 spiro atoms. The van der Waals surface area contributed by atoms with Crippen LogP contribution in [0.3, 0.4) is 0 Å². The number of hydrogen-bond donors (Lipinski definition) is 0. The molecule has 3 rings (SSSR count). The number of methoxy groups -OCH3 is 1. The van der Waals surface area contributed by atoms with Crippen LogP contribution >= 0.6 is 0 Å². The molecule has 1 aliphatic rings. The Balaban J connectivity index is 1.79. The van der Waals surface area contributed by atoms with Gasteiger partial charge >= 0.3 is 0 Å². The summed E-state index contributed by atoms with van der Waals surface area (Å²) >= 11 is 0. The van der Waals surface area contributed by atoms with Crippen LogP contribution in [0.1, 0.15) is 54.8 Å². The fraction of sp³-hybridized carbons (Fsp3) is 0.556. The van der Waals surface area contributed by atoms with E-state index in [4.69, 9.17) is 9.15 Å². The van der Waals surface area contributed by atoms with Gasteiger partial charge in [-0.2, -0.15) is 5.10 Å². The molecule has 1 fully saturated rings. The molecule has 0 N–H and O–H groups in total. The van der Waals surface area contributed by atoms with E-state index in [1.165, 1.54) is 0 Å². The lowest BCUT2D eigenvalue weighted by atomic mass is 10.1. The maximum atomic E-state index is 13.0. The predicted molar refractivity (Wildman–Crippen MR) is 89.5 cm³/mol. The van der Waals surface area contributed by atoms with Crippen LogP contribution in [-0.2, 0) is 16.1 Å². The highest BCUT2D eigenvalue weighted by molar-refractivity contribution is 5.80. The smallest absolute Gasteiger partial charge is 0.247 e. The van der Waals surface area contributed by atoms with Crippen molar-refractivity contribution in [2.24, 2.45) is 0 Å². The highest BCUT2D eigenvalue weighted by atomic mass is 16.5. The molecule has 0 saturated carbocycles. The summed E-state index contributed by atoms with van der Waals surface area (Å²) in [4.78, 5) is 14.9. The Morgan fingerprint density at radius 2 is 2.25 bits per heavy atom. The van der Waals surface area contributed by atoms with E-state index in [0.717, 1.165) is 42.3 Å². The molecule has 3 heterocycles. The van der Waals surface area contributed by atoms with Gasteiger partial charge in [0, 0.05) is 19.3 Å². The van der Waals surface area contributed by atoms with Crippen molar-refractivity contribution in [2.75, 3.05) is 13.7 Å². The van der Waals surface area contributed by atoms with Gasteiger partial charge in [0.25, 0.3) is 0 Å².